The van der Waals surface area contributed by atoms with Crippen molar-refractivity contribution in [2.75, 3.05) is 31.1 Å². The number of rotatable bonds is 3. The van der Waals surface area contributed by atoms with Crippen molar-refractivity contribution >= 4 is 23.8 Å². The predicted octanol–water partition coefficient (Wildman–Crippen LogP) is 1.73. The van der Waals surface area contributed by atoms with Crippen LogP contribution in [0.25, 0.3) is 0 Å². The van der Waals surface area contributed by atoms with Gasteiger partial charge in [0.25, 0.3) is 0 Å². The summed E-state index contributed by atoms with van der Waals surface area (Å²) in [6.07, 6.45) is 0.974. The van der Waals surface area contributed by atoms with Crippen LogP contribution < -0.4 is 0 Å². The summed E-state index contributed by atoms with van der Waals surface area (Å²) in [7, 11) is 0. The van der Waals surface area contributed by atoms with Gasteiger partial charge in [-0.2, -0.15) is 11.8 Å². The summed E-state index contributed by atoms with van der Waals surface area (Å²) in [5.41, 5.74) is -1.16. The lowest BCUT2D eigenvalue weighted by Crippen LogP contribution is -2.57. The van der Waals surface area contributed by atoms with Crippen LogP contribution in [0.3, 0.4) is 0 Å². The molecule has 2 amide bonds. The molecule has 0 atom stereocenters. The third kappa shape index (κ3) is 3.31. The minimum atomic E-state index is -1.16. The molecule has 0 bridgehead atoms. The minimum absolute atomic E-state index is 0.160. The zero-order chi connectivity index (χ0) is 13.8. The van der Waals surface area contributed by atoms with Crippen molar-refractivity contribution in [2.24, 2.45) is 0 Å². The predicted molar refractivity (Wildman–Crippen MR) is 73.0 cm³/mol. The molecule has 1 N–H and O–H groups in total. The molecular weight excluding hydrogens is 252 g/mol. The van der Waals surface area contributed by atoms with E-state index in [1.807, 2.05) is 18.7 Å². The molecule has 6 heteroatoms. The van der Waals surface area contributed by atoms with Crippen LogP contribution in [0.4, 0.5) is 4.79 Å². The lowest BCUT2D eigenvalue weighted by Gasteiger charge is -2.37. The van der Waals surface area contributed by atoms with E-state index in [4.69, 9.17) is 0 Å². The van der Waals surface area contributed by atoms with E-state index in [-0.39, 0.29) is 6.03 Å². The SMILES string of the molecule is CCN(C(=O)N1CCCSCC1)C(C)(C)C(=O)O. The maximum atomic E-state index is 12.4. The van der Waals surface area contributed by atoms with Crippen LogP contribution in [0.1, 0.15) is 27.2 Å². The monoisotopic (exact) mass is 274 g/mol. The molecule has 1 heterocycles. The quantitative estimate of drug-likeness (QED) is 0.851. The highest BCUT2D eigenvalue weighted by Crippen LogP contribution is 2.19. The number of likely N-dealkylation sites (N-methyl/N-ethyl adjacent to an activating group) is 1. The van der Waals surface area contributed by atoms with Crippen molar-refractivity contribution in [3.63, 3.8) is 0 Å². The Labute approximate surface area is 113 Å². The third-order valence-corrected chi connectivity index (χ3v) is 4.29. The molecule has 0 unspecified atom stereocenters. The van der Waals surface area contributed by atoms with E-state index in [9.17, 15) is 14.7 Å². The van der Waals surface area contributed by atoms with Gasteiger partial charge in [0.05, 0.1) is 0 Å². The van der Waals surface area contributed by atoms with E-state index >= 15 is 0 Å². The lowest BCUT2D eigenvalue weighted by atomic mass is 10.0. The Bertz CT molecular complexity index is 312. The summed E-state index contributed by atoms with van der Waals surface area (Å²) in [4.78, 5) is 26.9. The maximum absolute atomic E-state index is 12.4. The molecule has 0 aliphatic carbocycles. The minimum Gasteiger partial charge on any atom is -0.480 e. The smallest absolute Gasteiger partial charge is 0.329 e. The standard InChI is InChI=1S/C12H22N2O3S/c1-4-14(12(2,3)10(15)16)11(17)13-6-5-8-18-9-7-13/h4-9H2,1-3H3,(H,15,16). The Hall–Kier alpha value is -0.910. The first kappa shape index (κ1) is 15.1. The number of carboxylic acid groups (broad SMARTS) is 1. The van der Waals surface area contributed by atoms with Crippen LogP contribution in [0.15, 0.2) is 0 Å². The topological polar surface area (TPSA) is 60.9 Å². The Morgan fingerprint density at radius 2 is 2.00 bits per heavy atom. The highest BCUT2D eigenvalue weighted by molar-refractivity contribution is 7.99. The van der Waals surface area contributed by atoms with Gasteiger partial charge in [-0.3, -0.25) is 0 Å². The van der Waals surface area contributed by atoms with Crippen LogP contribution in [0.5, 0.6) is 0 Å². The second kappa shape index (κ2) is 6.31. The first-order chi connectivity index (χ1) is 8.41. The number of thioether (sulfide) groups is 1. The molecule has 0 aromatic carbocycles. The molecule has 0 radical (unpaired) electrons. The molecule has 1 aliphatic rings. The Morgan fingerprint density at radius 3 is 2.56 bits per heavy atom. The van der Waals surface area contributed by atoms with E-state index in [0.29, 0.717) is 13.1 Å². The fourth-order valence-corrected chi connectivity index (χ4v) is 2.88. The van der Waals surface area contributed by atoms with Crippen molar-refractivity contribution in [3.05, 3.63) is 0 Å². The van der Waals surface area contributed by atoms with Gasteiger partial charge in [-0.1, -0.05) is 0 Å². The molecule has 1 saturated heterocycles. The number of carbonyl (C=O) groups is 2. The molecule has 1 fully saturated rings. The Morgan fingerprint density at radius 1 is 1.33 bits per heavy atom. The van der Waals surface area contributed by atoms with Crippen LogP contribution in [0.2, 0.25) is 0 Å². The van der Waals surface area contributed by atoms with Gasteiger partial charge in [0.1, 0.15) is 5.54 Å². The van der Waals surface area contributed by atoms with Crippen molar-refractivity contribution in [1.29, 1.82) is 0 Å². The maximum Gasteiger partial charge on any atom is 0.329 e. The summed E-state index contributed by atoms with van der Waals surface area (Å²) >= 11 is 1.84. The Balaban J connectivity index is 2.81. The molecule has 5 nitrogen and oxygen atoms in total. The molecule has 104 valence electrons. The van der Waals surface area contributed by atoms with E-state index in [2.05, 4.69) is 0 Å². The summed E-state index contributed by atoms with van der Waals surface area (Å²) < 4.78 is 0. The highest BCUT2D eigenvalue weighted by Gasteiger charge is 2.38. The molecule has 0 aromatic heterocycles. The van der Waals surface area contributed by atoms with Gasteiger partial charge in [0.15, 0.2) is 0 Å². The molecule has 1 aliphatic heterocycles. The van der Waals surface area contributed by atoms with Gasteiger partial charge >= 0.3 is 12.0 Å². The van der Waals surface area contributed by atoms with Gasteiger partial charge in [-0.05, 0) is 32.9 Å². The fourth-order valence-electron chi connectivity index (χ4n) is 1.99. The van der Waals surface area contributed by atoms with Crippen LogP contribution in [0, 0.1) is 0 Å². The number of hydrogen-bond acceptors (Lipinski definition) is 3. The zero-order valence-electron chi connectivity index (χ0n) is 11.3. The molecule has 0 spiro atoms. The number of aliphatic carboxylic acids is 1. The van der Waals surface area contributed by atoms with Crippen LogP contribution in [-0.2, 0) is 4.79 Å². The summed E-state index contributed by atoms with van der Waals surface area (Å²) in [6, 6.07) is -0.160. The number of carboxylic acids is 1. The van der Waals surface area contributed by atoms with Gasteiger partial charge in [-0.25, -0.2) is 9.59 Å². The van der Waals surface area contributed by atoms with Gasteiger partial charge in [0, 0.05) is 25.4 Å². The van der Waals surface area contributed by atoms with E-state index < -0.39 is 11.5 Å². The summed E-state index contributed by atoms with van der Waals surface area (Å²) in [5, 5.41) is 9.23. The largest absolute Gasteiger partial charge is 0.480 e. The van der Waals surface area contributed by atoms with Crippen molar-refractivity contribution < 1.29 is 14.7 Å². The number of amides is 2. The summed E-state index contributed by atoms with van der Waals surface area (Å²) in [5.74, 6) is 1.02. The molecule has 1 rings (SSSR count). The van der Waals surface area contributed by atoms with E-state index in [0.717, 1.165) is 24.5 Å². The fraction of sp³-hybridized carbons (Fsp3) is 0.833. The van der Waals surface area contributed by atoms with Crippen LogP contribution in [-0.4, -0.2) is 63.6 Å². The molecule has 0 saturated carbocycles. The number of nitrogens with zero attached hydrogens (tertiary/aromatic N) is 2. The van der Waals surface area contributed by atoms with Crippen molar-refractivity contribution in [2.45, 2.75) is 32.7 Å². The van der Waals surface area contributed by atoms with Gasteiger partial charge in [-0.15, -0.1) is 0 Å². The van der Waals surface area contributed by atoms with E-state index in [1.165, 1.54) is 4.90 Å². The van der Waals surface area contributed by atoms with Crippen LogP contribution >= 0.6 is 11.8 Å². The van der Waals surface area contributed by atoms with Gasteiger partial charge < -0.3 is 14.9 Å². The molecular formula is C12H22N2O3S. The average molecular weight is 274 g/mol. The van der Waals surface area contributed by atoms with Crippen molar-refractivity contribution in [3.8, 4) is 0 Å². The average Bonchev–Trinajstić information content (AvgIpc) is 2.57. The third-order valence-electron chi connectivity index (χ3n) is 3.24. The first-order valence-electron chi connectivity index (χ1n) is 6.29. The lowest BCUT2D eigenvalue weighted by molar-refractivity contribution is -0.147. The normalized spacial score (nSPS) is 17.2. The second-order valence-electron chi connectivity index (χ2n) is 4.84. The number of urea groups is 1. The highest BCUT2D eigenvalue weighted by atomic mass is 32.2. The van der Waals surface area contributed by atoms with Crippen molar-refractivity contribution in [1.82, 2.24) is 9.80 Å². The zero-order valence-corrected chi connectivity index (χ0v) is 12.1. The number of carbonyl (C=O) groups excluding carboxylic acids is 1. The molecule has 0 aromatic rings. The number of hydrogen-bond donors (Lipinski definition) is 1. The van der Waals surface area contributed by atoms with E-state index in [1.54, 1.807) is 18.7 Å². The van der Waals surface area contributed by atoms with Gasteiger partial charge in [0.2, 0.25) is 0 Å². The first-order valence-corrected chi connectivity index (χ1v) is 7.44. The molecule has 18 heavy (non-hydrogen) atoms. The Kier molecular flexibility index (Phi) is 5.31. The summed E-state index contributed by atoms with van der Waals surface area (Å²) in [6.45, 7) is 6.79. The second-order valence-corrected chi connectivity index (χ2v) is 6.07.